The van der Waals surface area contributed by atoms with Crippen molar-refractivity contribution in [2.45, 2.75) is 10.8 Å². The van der Waals surface area contributed by atoms with Crippen LogP contribution < -0.4 is 4.74 Å². The van der Waals surface area contributed by atoms with E-state index in [-0.39, 0.29) is 0 Å². The van der Waals surface area contributed by atoms with Crippen molar-refractivity contribution in [2.24, 2.45) is 5.10 Å². The van der Waals surface area contributed by atoms with E-state index in [1.165, 1.54) is 0 Å². The molecule has 1 saturated heterocycles. The largest absolute Gasteiger partial charge is 0.496 e. The van der Waals surface area contributed by atoms with Crippen LogP contribution in [0.15, 0.2) is 52.7 Å². The second-order valence-corrected chi connectivity index (χ2v) is 6.33. The normalized spacial score (nSPS) is 15.0. The number of methoxy groups -OCH3 is 1. The van der Waals surface area contributed by atoms with Gasteiger partial charge in [0.1, 0.15) is 5.75 Å². The van der Waals surface area contributed by atoms with Crippen LogP contribution in [-0.2, 0) is 10.5 Å². The maximum Gasteiger partial charge on any atom is 0.122 e. The summed E-state index contributed by atoms with van der Waals surface area (Å²) in [5.74, 6) is 1.70. The second kappa shape index (κ2) is 8.70. The van der Waals surface area contributed by atoms with Crippen LogP contribution in [0.2, 0.25) is 0 Å². The Bertz CT molecular complexity index is 673. The number of aromatic nitrogens is 1. The summed E-state index contributed by atoms with van der Waals surface area (Å²) < 4.78 is 10.8. The van der Waals surface area contributed by atoms with Crippen molar-refractivity contribution in [1.82, 2.24) is 9.99 Å². The molecule has 0 saturated carbocycles. The smallest absolute Gasteiger partial charge is 0.122 e. The summed E-state index contributed by atoms with van der Waals surface area (Å²) in [6.07, 6.45) is 3.71. The molecule has 1 aromatic carbocycles. The third-order valence-electron chi connectivity index (χ3n) is 3.68. The van der Waals surface area contributed by atoms with Crippen molar-refractivity contribution < 1.29 is 9.47 Å². The van der Waals surface area contributed by atoms with Crippen LogP contribution in [0.1, 0.15) is 11.1 Å². The minimum atomic E-state index is 0.742. The Labute approximate surface area is 146 Å². The maximum absolute atomic E-state index is 5.48. The van der Waals surface area contributed by atoms with Gasteiger partial charge in [0.15, 0.2) is 0 Å². The molecule has 1 aliphatic rings. The van der Waals surface area contributed by atoms with Gasteiger partial charge in [-0.25, -0.2) is 4.98 Å². The van der Waals surface area contributed by atoms with Gasteiger partial charge in [0, 0.05) is 17.5 Å². The van der Waals surface area contributed by atoms with E-state index in [1.807, 2.05) is 47.8 Å². The van der Waals surface area contributed by atoms with E-state index < -0.39 is 0 Å². The Hall–Kier alpha value is -2.05. The van der Waals surface area contributed by atoms with Crippen LogP contribution in [-0.4, -0.2) is 49.6 Å². The molecule has 0 spiro atoms. The van der Waals surface area contributed by atoms with E-state index in [1.54, 1.807) is 18.9 Å². The zero-order valence-corrected chi connectivity index (χ0v) is 14.5. The lowest BCUT2D eigenvalue weighted by molar-refractivity contribution is 0.0397. The van der Waals surface area contributed by atoms with Gasteiger partial charge in [0.05, 0.1) is 44.7 Å². The van der Waals surface area contributed by atoms with Crippen LogP contribution in [0, 0.1) is 0 Å². The first-order valence-electron chi connectivity index (χ1n) is 7.92. The number of hydrogen-bond donors (Lipinski definition) is 0. The summed E-state index contributed by atoms with van der Waals surface area (Å²) in [4.78, 5) is 4.35. The summed E-state index contributed by atoms with van der Waals surface area (Å²) in [7, 11) is 1.70. The molecule has 0 bridgehead atoms. The van der Waals surface area contributed by atoms with Gasteiger partial charge in [-0.3, -0.25) is 5.01 Å². The van der Waals surface area contributed by atoms with Crippen molar-refractivity contribution in [1.29, 1.82) is 0 Å². The summed E-state index contributed by atoms with van der Waals surface area (Å²) in [6.45, 7) is 3.17. The van der Waals surface area contributed by atoms with E-state index in [0.29, 0.717) is 0 Å². The molecule has 0 amide bonds. The van der Waals surface area contributed by atoms with Gasteiger partial charge in [0.2, 0.25) is 0 Å². The number of benzene rings is 1. The SMILES string of the molecule is COc1ccc(/C=N/N2CCOCC2)cc1CSc1ccccn1. The molecule has 6 heteroatoms. The Morgan fingerprint density at radius 1 is 1.29 bits per heavy atom. The molecule has 1 aliphatic heterocycles. The molecule has 0 atom stereocenters. The molecule has 2 heterocycles. The predicted molar refractivity (Wildman–Crippen MR) is 96.8 cm³/mol. The monoisotopic (exact) mass is 343 g/mol. The molecule has 1 aromatic heterocycles. The Morgan fingerprint density at radius 2 is 2.17 bits per heavy atom. The Balaban J connectivity index is 1.69. The fraction of sp³-hybridized carbons (Fsp3) is 0.333. The number of morpholine rings is 1. The first-order valence-corrected chi connectivity index (χ1v) is 8.91. The third-order valence-corrected chi connectivity index (χ3v) is 4.67. The first-order chi connectivity index (χ1) is 11.8. The Kier molecular flexibility index (Phi) is 6.09. The van der Waals surface area contributed by atoms with E-state index in [0.717, 1.165) is 54.0 Å². The van der Waals surface area contributed by atoms with E-state index >= 15 is 0 Å². The first kappa shape index (κ1) is 16.8. The highest BCUT2D eigenvalue weighted by molar-refractivity contribution is 7.98. The maximum atomic E-state index is 5.48. The zero-order chi connectivity index (χ0) is 16.6. The minimum absolute atomic E-state index is 0.742. The number of rotatable bonds is 6. The highest BCUT2D eigenvalue weighted by atomic mass is 32.2. The van der Waals surface area contributed by atoms with Crippen molar-refractivity contribution in [3.63, 3.8) is 0 Å². The molecule has 24 heavy (non-hydrogen) atoms. The van der Waals surface area contributed by atoms with Gasteiger partial charge in [-0.15, -0.1) is 11.8 Å². The molecular weight excluding hydrogens is 322 g/mol. The number of ether oxygens (including phenoxy) is 2. The minimum Gasteiger partial charge on any atom is -0.496 e. The molecule has 126 valence electrons. The lowest BCUT2D eigenvalue weighted by atomic mass is 10.1. The fourth-order valence-corrected chi connectivity index (χ4v) is 3.23. The standard InChI is InChI=1S/C18H21N3O2S/c1-22-17-6-5-15(13-20-21-8-10-23-11-9-21)12-16(17)14-24-18-4-2-3-7-19-18/h2-7,12-13H,8-11,14H2,1H3/b20-13+. The van der Waals surface area contributed by atoms with Crippen LogP contribution in [0.3, 0.4) is 0 Å². The van der Waals surface area contributed by atoms with Crippen molar-refractivity contribution in [2.75, 3.05) is 33.4 Å². The topological polar surface area (TPSA) is 47.0 Å². The molecule has 0 N–H and O–H groups in total. The number of hydrazone groups is 1. The van der Waals surface area contributed by atoms with Gasteiger partial charge in [-0.05, 0) is 35.9 Å². The highest BCUT2D eigenvalue weighted by Gasteiger charge is 2.08. The van der Waals surface area contributed by atoms with Gasteiger partial charge >= 0.3 is 0 Å². The summed E-state index contributed by atoms with van der Waals surface area (Å²) in [5, 5.41) is 7.58. The number of thioether (sulfide) groups is 1. The average molecular weight is 343 g/mol. The molecule has 1 fully saturated rings. The van der Waals surface area contributed by atoms with E-state index in [2.05, 4.69) is 16.2 Å². The second-order valence-electron chi connectivity index (χ2n) is 5.34. The molecule has 5 nitrogen and oxygen atoms in total. The van der Waals surface area contributed by atoms with Crippen LogP contribution >= 0.6 is 11.8 Å². The lowest BCUT2D eigenvalue weighted by Gasteiger charge is -2.23. The zero-order valence-electron chi connectivity index (χ0n) is 13.7. The van der Waals surface area contributed by atoms with Gasteiger partial charge in [-0.2, -0.15) is 5.10 Å². The number of nitrogens with zero attached hydrogens (tertiary/aromatic N) is 3. The molecule has 3 rings (SSSR count). The van der Waals surface area contributed by atoms with Gasteiger partial charge in [-0.1, -0.05) is 6.07 Å². The van der Waals surface area contributed by atoms with Crippen molar-refractivity contribution in [3.8, 4) is 5.75 Å². The number of pyridine rings is 1. The van der Waals surface area contributed by atoms with Crippen LogP contribution in [0.25, 0.3) is 0 Å². The quantitative estimate of drug-likeness (QED) is 0.596. The average Bonchev–Trinajstić information content (AvgIpc) is 2.66. The highest BCUT2D eigenvalue weighted by Crippen LogP contribution is 2.27. The van der Waals surface area contributed by atoms with Gasteiger partial charge < -0.3 is 9.47 Å². The predicted octanol–water partition coefficient (Wildman–Crippen LogP) is 3.05. The van der Waals surface area contributed by atoms with Crippen molar-refractivity contribution in [3.05, 3.63) is 53.7 Å². The fourth-order valence-electron chi connectivity index (χ4n) is 2.39. The summed E-state index contributed by atoms with van der Waals surface area (Å²) in [6, 6.07) is 12.1. The number of hydrogen-bond acceptors (Lipinski definition) is 6. The summed E-state index contributed by atoms with van der Waals surface area (Å²) >= 11 is 1.70. The van der Waals surface area contributed by atoms with E-state index in [4.69, 9.17) is 9.47 Å². The van der Waals surface area contributed by atoms with Crippen molar-refractivity contribution >= 4 is 18.0 Å². The third kappa shape index (κ3) is 4.72. The molecule has 0 unspecified atom stereocenters. The lowest BCUT2D eigenvalue weighted by Crippen LogP contribution is -2.32. The van der Waals surface area contributed by atoms with E-state index in [9.17, 15) is 0 Å². The summed E-state index contributed by atoms with van der Waals surface area (Å²) in [5.41, 5.74) is 2.21. The Morgan fingerprint density at radius 3 is 2.92 bits per heavy atom. The van der Waals surface area contributed by atoms with Gasteiger partial charge in [0.25, 0.3) is 0 Å². The molecule has 2 aromatic rings. The van der Waals surface area contributed by atoms with Crippen LogP contribution in [0.5, 0.6) is 5.75 Å². The molecular formula is C18H21N3O2S. The molecule has 0 aliphatic carbocycles. The van der Waals surface area contributed by atoms with Crippen LogP contribution in [0.4, 0.5) is 0 Å². The molecule has 0 radical (unpaired) electrons.